The number of allylic oxidation sites excluding steroid dienone is 2. The summed E-state index contributed by atoms with van der Waals surface area (Å²) in [5.41, 5.74) is 3.82. The first kappa shape index (κ1) is 19.9. The third-order valence-corrected chi connectivity index (χ3v) is 5.21. The summed E-state index contributed by atoms with van der Waals surface area (Å²) in [4.78, 5) is 23.9. The Morgan fingerprint density at radius 1 is 1.29 bits per heavy atom. The number of benzene rings is 1. The van der Waals surface area contributed by atoms with E-state index in [4.69, 9.17) is 9.47 Å². The Balaban J connectivity index is 1.54. The van der Waals surface area contributed by atoms with Gasteiger partial charge in [0, 0.05) is 18.0 Å². The molecule has 148 valence electrons. The van der Waals surface area contributed by atoms with Crippen molar-refractivity contribution in [2.75, 3.05) is 6.61 Å². The lowest BCUT2D eigenvalue weighted by molar-refractivity contribution is -0.137. The SMILES string of the molecule is C=C1C(=O)O[C@@H]2/C=C(\C)CC/C=C(/COC(=O)NCc3ccccc3)CCC12. The lowest BCUT2D eigenvalue weighted by Crippen LogP contribution is -2.24. The number of rotatable bonds is 4. The summed E-state index contributed by atoms with van der Waals surface area (Å²) in [7, 11) is 0. The lowest BCUT2D eigenvalue weighted by atomic mass is 9.88. The van der Waals surface area contributed by atoms with E-state index in [-0.39, 0.29) is 24.6 Å². The van der Waals surface area contributed by atoms with Crippen LogP contribution in [0.1, 0.15) is 38.2 Å². The van der Waals surface area contributed by atoms with Gasteiger partial charge in [0.2, 0.25) is 0 Å². The van der Waals surface area contributed by atoms with E-state index >= 15 is 0 Å². The van der Waals surface area contributed by atoms with Crippen molar-refractivity contribution in [3.05, 3.63) is 71.3 Å². The van der Waals surface area contributed by atoms with Crippen LogP contribution >= 0.6 is 0 Å². The predicted octanol–water partition coefficient (Wildman–Crippen LogP) is 4.46. The molecule has 0 aromatic heterocycles. The van der Waals surface area contributed by atoms with Crippen molar-refractivity contribution in [2.24, 2.45) is 5.92 Å². The van der Waals surface area contributed by atoms with E-state index in [0.717, 1.165) is 36.8 Å². The Kier molecular flexibility index (Phi) is 6.69. The van der Waals surface area contributed by atoms with E-state index in [9.17, 15) is 9.59 Å². The molecule has 1 aromatic carbocycles. The van der Waals surface area contributed by atoms with E-state index in [1.165, 1.54) is 5.57 Å². The number of hydrogen-bond acceptors (Lipinski definition) is 4. The monoisotopic (exact) mass is 381 g/mol. The van der Waals surface area contributed by atoms with Crippen LogP contribution in [0.5, 0.6) is 0 Å². The van der Waals surface area contributed by atoms with Gasteiger partial charge in [0.25, 0.3) is 0 Å². The Morgan fingerprint density at radius 2 is 2.07 bits per heavy atom. The van der Waals surface area contributed by atoms with Crippen LogP contribution < -0.4 is 5.32 Å². The second-order valence-electron chi connectivity index (χ2n) is 7.37. The van der Waals surface area contributed by atoms with E-state index in [1.807, 2.05) is 36.4 Å². The molecule has 1 fully saturated rings. The zero-order valence-electron chi connectivity index (χ0n) is 16.3. The highest BCUT2D eigenvalue weighted by atomic mass is 16.6. The number of amides is 1. The van der Waals surface area contributed by atoms with Gasteiger partial charge in [-0.1, -0.05) is 48.6 Å². The molecule has 2 atom stereocenters. The topological polar surface area (TPSA) is 64.6 Å². The van der Waals surface area contributed by atoms with Crippen LogP contribution in [0.2, 0.25) is 0 Å². The smallest absolute Gasteiger partial charge is 0.407 e. The fourth-order valence-electron chi connectivity index (χ4n) is 3.54. The predicted molar refractivity (Wildman–Crippen MR) is 107 cm³/mol. The molecule has 0 spiro atoms. The number of fused-ring (bicyclic) bond motifs is 1. The summed E-state index contributed by atoms with van der Waals surface area (Å²) in [6.07, 6.45) is 6.79. The van der Waals surface area contributed by atoms with Crippen LogP contribution in [-0.2, 0) is 20.8 Å². The van der Waals surface area contributed by atoms with Gasteiger partial charge in [0.1, 0.15) is 12.7 Å². The summed E-state index contributed by atoms with van der Waals surface area (Å²) in [6.45, 7) is 6.64. The van der Waals surface area contributed by atoms with Crippen LogP contribution in [0, 0.1) is 5.92 Å². The van der Waals surface area contributed by atoms with Crippen molar-refractivity contribution >= 4 is 12.1 Å². The minimum absolute atomic E-state index is 0.0177. The number of hydrogen-bond donors (Lipinski definition) is 1. The van der Waals surface area contributed by atoms with E-state index in [1.54, 1.807) is 0 Å². The van der Waals surface area contributed by atoms with E-state index in [0.29, 0.717) is 12.1 Å². The van der Waals surface area contributed by atoms with E-state index < -0.39 is 6.09 Å². The maximum absolute atomic E-state index is 12.0. The molecule has 1 amide bonds. The van der Waals surface area contributed by atoms with Gasteiger partial charge in [-0.2, -0.15) is 0 Å². The number of ether oxygens (including phenoxy) is 2. The fraction of sp³-hybridized carbons (Fsp3) is 0.391. The molecule has 1 aliphatic carbocycles. The van der Waals surface area contributed by atoms with Crippen molar-refractivity contribution < 1.29 is 19.1 Å². The van der Waals surface area contributed by atoms with Gasteiger partial charge in [-0.05, 0) is 49.8 Å². The van der Waals surface area contributed by atoms with Crippen molar-refractivity contribution in [2.45, 2.75) is 45.3 Å². The molecule has 5 nitrogen and oxygen atoms in total. The zero-order valence-corrected chi connectivity index (χ0v) is 16.3. The van der Waals surface area contributed by atoms with Gasteiger partial charge in [-0.25, -0.2) is 9.59 Å². The first-order chi connectivity index (χ1) is 13.5. The number of nitrogens with one attached hydrogen (secondary N) is 1. The van der Waals surface area contributed by atoms with Gasteiger partial charge in [0.15, 0.2) is 0 Å². The molecular weight excluding hydrogens is 354 g/mol. The number of esters is 1. The van der Waals surface area contributed by atoms with Gasteiger partial charge in [-0.15, -0.1) is 0 Å². The third kappa shape index (κ3) is 5.35. The van der Waals surface area contributed by atoms with E-state index in [2.05, 4.69) is 24.9 Å². The average molecular weight is 381 g/mol. The van der Waals surface area contributed by atoms with Crippen molar-refractivity contribution in [1.82, 2.24) is 5.32 Å². The highest BCUT2D eigenvalue weighted by Gasteiger charge is 2.37. The van der Waals surface area contributed by atoms with Gasteiger partial charge < -0.3 is 14.8 Å². The highest BCUT2D eigenvalue weighted by Crippen LogP contribution is 2.34. The second-order valence-corrected chi connectivity index (χ2v) is 7.37. The first-order valence-electron chi connectivity index (χ1n) is 9.72. The van der Waals surface area contributed by atoms with Crippen LogP contribution in [0.15, 0.2) is 65.8 Å². The van der Waals surface area contributed by atoms with Crippen molar-refractivity contribution in [1.29, 1.82) is 0 Å². The zero-order chi connectivity index (χ0) is 19.9. The summed E-state index contributed by atoms with van der Waals surface area (Å²) in [5.74, 6) is -0.323. The normalized spacial score (nSPS) is 26.2. The Bertz CT molecular complexity index is 794. The maximum atomic E-state index is 12.0. The third-order valence-electron chi connectivity index (χ3n) is 5.21. The quantitative estimate of drug-likeness (QED) is 0.475. The summed E-state index contributed by atoms with van der Waals surface area (Å²) in [5, 5.41) is 2.77. The number of alkyl carbamates (subject to hydrolysis) is 1. The molecule has 1 N–H and O–H groups in total. The first-order valence-corrected chi connectivity index (χ1v) is 9.72. The van der Waals surface area contributed by atoms with Crippen LogP contribution in [-0.4, -0.2) is 24.8 Å². The van der Waals surface area contributed by atoms with Gasteiger partial charge in [-0.3, -0.25) is 0 Å². The minimum Gasteiger partial charge on any atom is -0.454 e. The van der Waals surface area contributed by atoms with Gasteiger partial charge in [0.05, 0.1) is 0 Å². The van der Waals surface area contributed by atoms with Gasteiger partial charge >= 0.3 is 12.1 Å². The molecule has 28 heavy (non-hydrogen) atoms. The molecule has 1 aromatic rings. The summed E-state index contributed by atoms with van der Waals surface area (Å²) < 4.78 is 10.9. The van der Waals surface area contributed by atoms with Crippen molar-refractivity contribution in [3.8, 4) is 0 Å². The Hall–Kier alpha value is -2.82. The van der Waals surface area contributed by atoms with Crippen LogP contribution in [0.4, 0.5) is 4.79 Å². The Morgan fingerprint density at radius 3 is 2.86 bits per heavy atom. The Labute approximate surface area is 166 Å². The maximum Gasteiger partial charge on any atom is 0.407 e. The number of carbonyl (C=O) groups is 2. The molecule has 2 aliphatic rings. The molecule has 0 bridgehead atoms. The molecule has 1 unspecified atom stereocenters. The lowest BCUT2D eigenvalue weighted by Gasteiger charge is -2.18. The fourth-order valence-corrected chi connectivity index (χ4v) is 3.54. The van der Waals surface area contributed by atoms with Crippen LogP contribution in [0.25, 0.3) is 0 Å². The minimum atomic E-state index is -0.431. The molecule has 5 heteroatoms. The molecule has 1 saturated heterocycles. The van der Waals surface area contributed by atoms with Crippen molar-refractivity contribution in [3.63, 3.8) is 0 Å². The standard InChI is InChI=1S/C23H27NO4/c1-16-7-6-10-19(11-12-20-17(2)22(25)28-21(20)13-16)15-27-23(26)24-14-18-8-4-3-5-9-18/h3-5,8-10,13,20-21H,2,6-7,11-12,14-15H2,1H3,(H,24,26)/b16-13+,19-10+/t20?,21-/m1/s1. The number of carbonyl (C=O) groups excluding carboxylic acids is 2. The molecule has 1 heterocycles. The highest BCUT2D eigenvalue weighted by molar-refractivity contribution is 5.91. The molecule has 1 aliphatic heterocycles. The molecular formula is C23H27NO4. The van der Waals surface area contributed by atoms with Crippen LogP contribution in [0.3, 0.4) is 0 Å². The average Bonchev–Trinajstić information content (AvgIpc) is 2.95. The largest absolute Gasteiger partial charge is 0.454 e. The molecule has 0 saturated carbocycles. The molecule has 3 rings (SSSR count). The molecule has 0 radical (unpaired) electrons. The second kappa shape index (κ2) is 9.40. The summed E-state index contributed by atoms with van der Waals surface area (Å²) >= 11 is 0. The summed E-state index contributed by atoms with van der Waals surface area (Å²) in [6, 6.07) is 9.71.